The van der Waals surface area contributed by atoms with Crippen molar-refractivity contribution >= 4 is 24.4 Å². The summed E-state index contributed by atoms with van der Waals surface area (Å²) < 4.78 is 2.64. The van der Waals surface area contributed by atoms with E-state index in [0.29, 0.717) is 9.28 Å². The Balaban J connectivity index is -0.000000233. The summed E-state index contributed by atoms with van der Waals surface area (Å²) in [5, 5.41) is 17.5. The molecule has 0 aromatic carbocycles. The van der Waals surface area contributed by atoms with E-state index >= 15 is 0 Å². The SMILES string of the molecule is On1ccccc1=S.On1ccccc1=S.[H-].[Na+].[Zn]. The van der Waals surface area contributed by atoms with Gasteiger partial charge in [0.1, 0.15) is 9.28 Å². The first-order chi connectivity index (χ1) is 7.61. The fourth-order valence-corrected chi connectivity index (χ4v) is 1.12. The average molecular weight is 344 g/mol. The Labute approximate surface area is 151 Å². The molecule has 0 saturated heterocycles. The van der Waals surface area contributed by atoms with Crippen LogP contribution in [0.5, 0.6) is 0 Å². The molecule has 8 heteroatoms. The van der Waals surface area contributed by atoms with Gasteiger partial charge in [0, 0.05) is 31.9 Å². The zero-order chi connectivity index (χ0) is 12.0. The second-order valence-electron chi connectivity index (χ2n) is 2.77. The molecule has 88 valence electrons. The Morgan fingerprint density at radius 2 is 1.17 bits per heavy atom. The molecule has 0 aliphatic carbocycles. The van der Waals surface area contributed by atoms with E-state index in [-0.39, 0.29) is 50.5 Å². The van der Waals surface area contributed by atoms with Gasteiger partial charge in [0.2, 0.25) is 0 Å². The normalized spacial score (nSPS) is 8.00. The van der Waals surface area contributed by atoms with Crippen molar-refractivity contribution in [3.8, 4) is 0 Å². The molecular weight excluding hydrogens is 333 g/mol. The molecule has 0 aliphatic rings. The summed E-state index contributed by atoms with van der Waals surface area (Å²) in [5.74, 6) is 0. The summed E-state index contributed by atoms with van der Waals surface area (Å²) in [6, 6.07) is 10.3. The summed E-state index contributed by atoms with van der Waals surface area (Å²) in [5.41, 5.74) is 0. The standard InChI is InChI=1S/2C5H5NOS.Na.Zn.H/c2*7-6-4-2-1-3-5(6)8;;;/h2*1-4,7H;;;/q;;+1;;-1. The third-order valence-electron chi connectivity index (χ3n) is 1.61. The van der Waals surface area contributed by atoms with Gasteiger partial charge in [-0.3, -0.25) is 0 Å². The van der Waals surface area contributed by atoms with Crippen LogP contribution in [-0.4, -0.2) is 19.9 Å². The van der Waals surface area contributed by atoms with Gasteiger partial charge >= 0.3 is 29.6 Å². The fourth-order valence-electron chi connectivity index (χ4n) is 0.838. The van der Waals surface area contributed by atoms with Crippen molar-refractivity contribution in [1.82, 2.24) is 9.46 Å². The van der Waals surface area contributed by atoms with Crippen molar-refractivity contribution in [2.75, 3.05) is 0 Å². The summed E-state index contributed by atoms with van der Waals surface area (Å²) in [6.45, 7) is 0. The second-order valence-corrected chi connectivity index (χ2v) is 3.60. The number of pyridine rings is 2. The van der Waals surface area contributed by atoms with Crippen LogP contribution in [0.25, 0.3) is 0 Å². The van der Waals surface area contributed by atoms with Gasteiger partial charge in [0.05, 0.1) is 0 Å². The molecule has 0 atom stereocenters. The molecule has 0 saturated carbocycles. The van der Waals surface area contributed by atoms with Gasteiger partial charge in [-0.05, 0) is 24.3 Å². The predicted octanol–water partition coefficient (Wildman–Crippen LogP) is 0.0238. The first-order valence-corrected chi connectivity index (χ1v) is 5.17. The smallest absolute Gasteiger partial charge is 1.00 e. The molecule has 2 heterocycles. The number of rotatable bonds is 0. The van der Waals surface area contributed by atoms with Crippen LogP contribution >= 0.6 is 24.4 Å². The van der Waals surface area contributed by atoms with E-state index in [9.17, 15) is 0 Å². The summed E-state index contributed by atoms with van der Waals surface area (Å²) >= 11 is 9.33. The Bertz CT molecular complexity index is 528. The fraction of sp³-hybridized carbons (Fsp3) is 0. The molecule has 0 radical (unpaired) electrons. The van der Waals surface area contributed by atoms with Gasteiger partial charge in [-0.25, -0.2) is 0 Å². The van der Waals surface area contributed by atoms with Crippen molar-refractivity contribution in [2.45, 2.75) is 0 Å². The van der Waals surface area contributed by atoms with Gasteiger partial charge in [-0.1, -0.05) is 36.6 Å². The van der Waals surface area contributed by atoms with E-state index in [4.69, 9.17) is 10.4 Å². The zero-order valence-electron chi connectivity index (χ0n) is 10.9. The van der Waals surface area contributed by atoms with Crippen LogP contribution in [0.4, 0.5) is 0 Å². The molecule has 0 amide bonds. The largest absolute Gasteiger partial charge is 1.00 e. The number of hydrogen-bond acceptors (Lipinski definition) is 4. The summed E-state index contributed by atoms with van der Waals surface area (Å²) in [7, 11) is 0. The third-order valence-corrected chi connectivity index (χ3v) is 2.25. The minimum atomic E-state index is 0. The van der Waals surface area contributed by atoms with E-state index in [1.807, 2.05) is 0 Å². The first kappa shape index (κ1) is 20.3. The Hall–Kier alpha value is -0.0366. The van der Waals surface area contributed by atoms with Crippen molar-refractivity contribution in [2.24, 2.45) is 0 Å². The molecule has 2 aromatic rings. The Kier molecular flexibility index (Phi) is 12.2. The van der Waals surface area contributed by atoms with Gasteiger partial charge < -0.3 is 11.8 Å². The molecule has 18 heavy (non-hydrogen) atoms. The maximum atomic E-state index is 8.73. The molecule has 2 rings (SSSR count). The van der Waals surface area contributed by atoms with Crippen molar-refractivity contribution in [3.63, 3.8) is 0 Å². The topological polar surface area (TPSA) is 50.3 Å². The monoisotopic (exact) mass is 342 g/mol. The van der Waals surface area contributed by atoms with E-state index in [1.54, 1.807) is 36.4 Å². The number of nitrogens with zero attached hydrogens (tertiary/aromatic N) is 2. The van der Waals surface area contributed by atoms with Gasteiger partial charge in [0.15, 0.2) is 0 Å². The van der Waals surface area contributed by atoms with E-state index < -0.39 is 0 Å². The molecule has 0 unspecified atom stereocenters. The van der Waals surface area contributed by atoms with Crippen LogP contribution in [0.3, 0.4) is 0 Å². The van der Waals surface area contributed by atoms with E-state index in [1.165, 1.54) is 12.4 Å². The molecule has 0 fully saturated rings. The van der Waals surface area contributed by atoms with E-state index in [2.05, 4.69) is 24.4 Å². The second kappa shape index (κ2) is 10.8. The molecule has 4 nitrogen and oxygen atoms in total. The van der Waals surface area contributed by atoms with Crippen LogP contribution < -0.4 is 29.6 Å². The van der Waals surface area contributed by atoms with Crippen LogP contribution in [0.15, 0.2) is 48.8 Å². The summed E-state index contributed by atoms with van der Waals surface area (Å²) in [4.78, 5) is 0. The van der Waals surface area contributed by atoms with Crippen molar-refractivity contribution in [1.29, 1.82) is 0 Å². The maximum Gasteiger partial charge on any atom is 1.00 e. The van der Waals surface area contributed by atoms with Crippen LogP contribution in [-0.2, 0) is 19.5 Å². The quantitative estimate of drug-likeness (QED) is 0.402. The predicted molar refractivity (Wildman–Crippen MR) is 66.0 cm³/mol. The minimum Gasteiger partial charge on any atom is -1.00 e. The van der Waals surface area contributed by atoms with Gasteiger partial charge in [0.25, 0.3) is 0 Å². The van der Waals surface area contributed by atoms with Gasteiger partial charge in [-0.15, -0.1) is 0 Å². The number of aromatic nitrogens is 2. The molecule has 0 aliphatic heterocycles. The number of hydrogen-bond donors (Lipinski definition) is 2. The first-order valence-electron chi connectivity index (χ1n) is 4.35. The molecule has 2 N–H and O–H groups in total. The van der Waals surface area contributed by atoms with Gasteiger partial charge in [-0.2, -0.15) is 9.46 Å². The molecular formula is C10H11N2NaO2S2Zn. The van der Waals surface area contributed by atoms with Crippen LogP contribution in [0.1, 0.15) is 1.43 Å². The molecule has 2 aromatic heterocycles. The minimum absolute atomic E-state index is 0. The summed E-state index contributed by atoms with van der Waals surface area (Å²) in [6.07, 6.45) is 2.98. The van der Waals surface area contributed by atoms with Crippen LogP contribution in [0.2, 0.25) is 0 Å². The molecule has 0 bridgehead atoms. The van der Waals surface area contributed by atoms with Crippen molar-refractivity contribution in [3.05, 3.63) is 58.1 Å². The third kappa shape index (κ3) is 7.41. The Morgan fingerprint density at radius 3 is 1.33 bits per heavy atom. The average Bonchev–Trinajstić information content (AvgIpc) is 2.28. The van der Waals surface area contributed by atoms with Crippen molar-refractivity contribution < 1.29 is 60.9 Å². The Morgan fingerprint density at radius 1 is 0.833 bits per heavy atom. The van der Waals surface area contributed by atoms with E-state index in [0.717, 1.165) is 9.46 Å². The maximum absolute atomic E-state index is 8.73. The zero-order valence-corrected chi connectivity index (χ0v) is 16.5. The molecule has 0 spiro atoms. The van der Waals surface area contributed by atoms with Crippen LogP contribution in [0, 0.1) is 9.28 Å².